The average Bonchev–Trinajstić information content (AvgIpc) is 2.83. The molecule has 3 heteroatoms. The molecule has 0 N–H and O–H groups in total. The van der Waals surface area contributed by atoms with Crippen molar-refractivity contribution in [3.8, 4) is 22.6 Å². The Hall–Kier alpha value is -2.29. The van der Waals surface area contributed by atoms with E-state index in [2.05, 4.69) is 39.8 Å². The van der Waals surface area contributed by atoms with Gasteiger partial charge in [-0.05, 0) is 53.6 Å². The standard InChI is InChI=1S/C32H48O3/c1-5-6-7-8-9-10-11-12-24-34-30-20-16-28(17-21-30)29-18-22-31(23-19-29)35-32(33)25-27(4)15-13-14-26(2)3/h16-23,26-27H,5-15,24-25H2,1-4H3/t27-/m0/s1. The fourth-order valence-electron chi connectivity index (χ4n) is 4.32. The summed E-state index contributed by atoms with van der Waals surface area (Å²) in [5.74, 6) is 2.46. The second-order valence-corrected chi connectivity index (χ2v) is 10.5. The molecule has 0 spiro atoms. The van der Waals surface area contributed by atoms with Gasteiger partial charge < -0.3 is 9.47 Å². The number of hydrogen-bond donors (Lipinski definition) is 0. The number of esters is 1. The molecule has 2 aromatic rings. The second kappa shape index (κ2) is 17.2. The van der Waals surface area contributed by atoms with Crippen molar-refractivity contribution < 1.29 is 14.3 Å². The Kier molecular flexibility index (Phi) is 14.2. The molecule has 0 aliphatic heterocycles. The number of carbonyl (C=O) groups excluding carboxylic acids is 1. The SMILES string of the molecule is CCCCCCCCCCOc1ccc(-c2ccc(OC(=O)C[C@@H](C)CCCC(C)C)cc2)cc1. The van der Waals surface area contributed by atoms with Crippen molar-refractivity contribution >= 4 is 5.97 Å². The van der Waals surface area contributed by atoms with Gasteiger partial charge in [0.05, 0.1) is 6.61 Å². The van der Waals surface area contributed by atoms with Gasteiger partial charge in [-0.25, -0.2) is 0 Å². The van der Waals surface area contributed by atoms with E-state index in [1.165, 1.54) is 57.8 Å². The largest absolute Gasteiger partial charge is 0.494 e. The molecule has 2 aromatic carbocycles. The van der Waals surface area contributed by atoms with E-state index in [0.29, 0.717) is 18.1 Å². The predicted octanol–water partition coefficient (Wildman–Crippen LogP) is 9.63. The summed E-state index contributed by atoms with van der Waals surface area (Å²) in [6.45, 7) is 9.65. The van der Waals surface area contributed by atoms with Crippen molar-refractivity contribution in [2.24, 2.45) is 11.8 Å². The first-order valence-corrected chi connectivity index (χ1v) is 14.0. The third kappa shape index (κ3) is 12.8. The highest BCUT2D eigenvalue weighted by atomic mass is 16.5. The Morgan fingerprint density at radius 3 is 1.80 bits per heavy atom. The molecule has 35 heavy (non-hydrogen) atoms. The van der Waals surface area contributed by atoms with Gasteiger partial charge in [-0.3, -0.25) is 4.79 Å². The van der Waals surface area contributed by atoms with Crippen LogP contribution >= 0.6 is 0 Å². The van der Waals surface area contributed by atoms with Gasteiger partial charge in [-0.15, -0.1) is 0 Å². The van der Waals surface area contributed by atoms with Crippen molar-refractivity contribution in [1.29, 1.82) is 0 Å². The highest BCUT2D eigenvalue weighted by Crippen LogP contribution is 2.25. The first kappa shape index (κ1) is 28.9. The van der Waals surface area contributed by atoms with Gasteiger partial charge in [-0.1, -0.05) is 116 Å². The number of benzene rings is 2. The minimum absolute atomic E-state index is 0.146. The molecule has 0 heterocycles. The van der Waals surface area contributed by atoms with Crippen LogP contribution in [0.1, 0.15) is 105 Å². The van der Waals surface area contributed by atoms with Crippen LogP contribution < -0.4 is 9.47 Å². The van der Waals surface area contributed by atoms with Gasteiger partial charge in [0.2, 0.25) is 0 Å². The summed E-state index contributed by atoms with van der Waals surface area (Å²) in [5.41, 5.74) is 2.22. The van der Waals surface area contributed by atoms with Gasteiger partial charge in [-0.2, -0.15) is 0 Å². The van der Waals surface area contributed by atoms with E-state index in [1.807, 2.05) is 36.4 Å². The third-order valence-electron chi connectivity index (χ3n) is 6.53. The fraction of sp³-hybridized carbons (Fsp3) is 0.594. The minimum Gasteiger partial charge on any atom is -0.494 e. The number of carbonyl (C=O) groups is 1. The van der Waals surface area contributed by atoms with Crippen LogP contribution in [-0.4, -0.2) is 12.6 Å². The van der Waals surface area contributed by atoms with Gasteiger partial charge in [0.15, 0.2) is 0 Å². The van der Waals surface area contributed by atoms with E-state index in [9.17, 15) is 4.79 Å². The molecule has 1 atom stereocenters. The van der Waals surface area contributed by atoms with Crippen LogP contribution in [0.5, 0.6) is 11.5 Å². The Bertz CT molecular complexity index is 808. The lowest BCUT2D eigenvalue weighted by atomic mass is 9.97. The number of rotatable bonds is 18. The molecule has 0 aromatic heterocycles. The zero-order chi connectivity index (χ0) is 25.3. The van der Waals surface area contributed by atoms with E-state index in [4.69, 9.17) is 9.47 Å². The van der Waals surface area contributed by atoms with Crippen molar-refractivity contribution in [2.75, 3.05) is 6.61 Å². The molecule has 0 fully saturated rings. The molecule has 0 bridgehead atoms. The zero-order valence-electron chi connectivity index (χ0n) is 22.7. The number of hydrogen-bond acceptors (Lipinski definition) is 3. The molecule has 194 valence electrons. The van der Waals surface area contributed by atoms with Gasteiger partial charge >= 0.3 is 5.97 Å². The van der Waals surface area contributed by atoms with E-state index < -0.39 is 0 Å². The highest BCUT2D eigenvalue weighted by molar-refractivity contribution is 5.73. The molecule has 2 rings (SSSR count). The highest BCUT2D eigenvalue weighted by Gasteiger charge is 2.12. The van der Waals surface area contributed by atoms with Crippen molar-refractivity contribution in [3.63, 3.8) is 0 Å². The van der Waals surface area contributed by atoms with E-state index in [1.54, 1.807) is 0 Å². The Labute approximate surface area is 214 Å². The fourth-order valence-corrected chi connectivity index (χ4v) is 4.32. The summed E-state index contributed by atoms with van der Waals surface area (Å²) in [4.78, 5) is 12.3. The van der Waals surface area contributed by atoms with Crippen molar-refractivity contribution in [2.45, 2.75) is 105 Å². The van der Waals surface area contributed by atoms with Gasteiger partial charge in [0, 0.05) is 6.42 Å². The Morgan fingerprint density at radius 1 is 0.686 bits per heavy atom. The van der Waals surface area contributed by atoms with E-state index >= 15 is 0 Å². The molecule has 0 saturated carbocycles. The van der Waals surface area contributed by atoms with Gasteiger partial charge in [0.25, 0.3) is 0 Å². The first-order valence-electron chi connectivity index (χ1n) is 14.0. The summed E-state index contributed by atoms with van der Waals surface area (Å²) < 4.78 is 11.5. The number of ether oxygens (including phenoxy) is 2. The molecular weight excluding hydrogens is 432 g/mol. The average molecular weight is 481 g/mol. The summed E-state index contributed by atoms with van der Waals surface area (Å²) in [7, 11) is 0. The summed E-state index contributed by atoms with van der Waals surface area (Å²) >= 11 is 0. The molecule has 0 amide bonds. The first-order chi connectivity index (χ1) is 17.0. The van der Waals surface area contributed by atoms with Crippen molar-refractivity contribution in [1.82, 2.24) is 0 Å². The topological polar surface area (TPSA) is 35.5 Å². The molecular formula is C32H48O3. The maximum absolute atomic E-state index is 12.3. The van der Waals surface area contributed by atoms with Crippen LogP contribution in [0.15, 0.2) is 48.5 Å². The maximum Gasteiger partial charge on any atom is 0.311 e. The van der Waals surface area contributed by atoms with E-state index in [-0.39, 0.29) is 5.97 Å². The lowest BCUT2D eigenvalue weighted by molar-refractivity contribution is -0.135. The summed E-state index contributed by atoms with van der Waals surface area (Å²) in [6.07, 6.45) is 14.4. The van der Waals surface area contributed by atoms with Gasteiger partial charge in [0.1, 0.15) is 11.5 Å². The van der Waals surface area contributed by atoms with Crippen LogP contribution in [0, 0.1) is 11.8 Å². The summed E-state index contributed by atoms with van der Waals surface area (Å²) in [5, 5.41) is 0. The van der Waals surface area contributed by atoms with Crippen LogP contribution in [0.4, 0.5) is 0 Å². The van der Waals surface area contributed by atoms with E-state index in [0.717, 1.165) is 42.2 Å². The van der Waals surface area contributed by atoms with Crippen molar-refractivity contribution in [3.05, 3.63) is 48.5 Å². The summed E-state index contributed by atoms with van der Waals surface area (Å²) in [6, 6.07) is 16.0. The van der Waals surface area contributed by atoms with Crippen LogP contribution in [0.25, 0.3) is 11.1 Å². The third-order valence-corrected chi connectivity index (χ3v) is 6.53. The van der Waals surface area contributed by atoms with Crippen LogP contribution in [-0.2, 0) is 4.79 Å². The zero-order valence-corrected chi connectivity index (χ0v) is 22.7. The maximum atomic E-state index is 12.3. The second-order valence-electron chi connectivity index (χ2n) is 10.5. The normalized spacial score (nSPS) is 12.0. The quantitative estimate of drug-likeness (QED) is 0.121. The molecule has 0 unspecified atom stereocenters. The number of unbranched alkanes of at least 4 members (excludes halogenated alkanes) is 7. The molecule has 0 saturated heterocycles. The lowest BCUT2D eigenvalue weighted by Gasteiger charge is -2.12. The predicted molar refractivity (Wildman–Crippen MR) is 148 cm³/mol. The lowest BCUT2D eigenvalue weighted by Crippen LogP contribution is -2.12. The molecule has 0 aliphatic rings. The minimum atomic E-state index is -0.146. The molecule has 0 aliphatic carbocycles. The molecule has 0 radical (unpaired) electrons. The molecule has 3 nitrogen and oxygen atoms in total. The monoisotopic (exact) mass is 480 g/mol. The van der Waals surface area contributed by atoms with Crippen LogP contribution in [0.2, 0.25) is 0 Å². The Balaban J connectivity index is 1.68. The smallest absolute Gasteiger partial charge is 0.311 e. The Morgan fingerprint density at radius 2 is 1.23 bits per heavy atom. The van der Waals surface area contributed by atoms with Crippen LogP contribution in [0.3, 0.4) is 0 Å².